The average molecular weight is 351 g/mol. The summed E-state index contributed by atoms with van der Waals surface area (Å²) in [6, 6.07) is 26.3. The first-order valence-electron chi connectivity index (χ1n) is 8.87. The number of hydrogen-bond donors (Lipinski definition) is 2. The highest BCUT2D eigenvalue weighted by Gasteiger charge is 2.11. The summed E-state index contributed by atoms with van der Waals surface area (Å²) < 4.78 is 0. The number of anilines is 1. The monoisotopic (exact) mass is 351 g/mol. The van der Waals surface area contributed by atoms with E-state index in [-0.39, 0.29) is 0 Å². The van der Waals surface area contributed by atoms with Crippen molar-refractivity contribution in [1.82, 2.24) is 20.2 Å². The second-order valence-corrected chi connectivity index (χ2v) is 6.36. The SMILES string of the molecule is c1ccc(-c2nnc(NCc3nc4ccccc4[nH]3)c3ccccc23)cc1. The summed E-state index contributed by atoms with van der Waals surface area (Å²) >= 11 is 0. The molecule has 3 aromatic carbocycles. The molecular weight excluding hydrogens is 334 g/mol. The molecule has 0 saturated carbocycles. The third-order valence-electron chi connectivity index (χ3n) is 4.60. The Kier molecular flexibility index (Phi) is 3.76. The van der Waals surface area contributed by atoms with Crippen LogP contribution in [-0.4, -0.2) is 20.2 Å². The highest BCUT2D eigenvalue weighted by molar-refractivity contribution is 5.99. The Balaban J connectivity index is 1.50. The molecule has 0 spiro atoms. The molecule has 0 fully saturated rings. The molecule has 0 saturated heterocycles. The Morgan fingerprint density at radius 1 is 0.741 bits per heavy atom. The molecule has 2 aromatic heterocycles. The van der Waals surface area contributed by atoms with Crippen molar-refractivity contribution in [1.29, 1.82) is 0 Å². The van der Waals surface area contributed by atoms with E-state index in [0.29, 0.717) is 6.54 Å². The number of para-hydroxylation sites is 2. The standard InChI is InChI=1S/C22H17N5/c1-2-8-15(9-3-1)21-16-10-4-5-11-17(16)22(27-26-21)23-14-20-24-18-12-6-7-13-19(18)25-20/h1-13H,14H2,(H,23,27)(H,24,25). The lowest BCUT2D eigenvalue weighted by molar-refractivity contribution is 0.973. The summed E-state index contributed by atoms with van der Waals surface area (Å²) in [6.45, 7) is 0.554. The second kappa shape index (κ2) is 6.53. The van der Waals surface area contributed by atoms with Crippen LogP contribution in [0.3, 0.4) is 0 Å². The van der Waals surface area contributed by atoms with Gasteiger partial charge in [-0.15, -0.1) is 10.2 Å². The van der Waals surface area contributed by atoms with Crippen LogP contribution in [0.2, 0.25) is 0 Å². The summed E-state index contributed by atoms with van der Waals surface area (Å²) in [5, 5.41) is 14.4. The molecule has 0 radical (unpaired) electrons. The van der Waals surface area contributed by atoms with Gasteiger partial charge in [0.25, 0.3) is 0 Å². The number of aromatic nitrogens is 4. The molecular formula is C22H17N5. The van der Waals surface area contributed by atoms with Crippen LogP contribution in [0.4, 0.5) is 5.82 Å². The van der Waals surface area contributed by atoms with Crippen molar-refractivity contribution < 1.29 is 0 Å². The van der Waals surface area contributed by atoms with Gasteiger partial charge in [0, 0.05) is 16.3 Å². The van der Waals surface area contributed by atoms with Gasteiger partial charge in [0.05, 0.1) is 17.6 Å². The minimum Gasteiger partial charge on any atom is -0.361 e. The first-order valence-corrected chi connectivity index (χ1v) is 8.87. The van der Waals surface area contributed by atoms with Crippen LogP contribution in [0.25, 0.3) is 33.1 Å². The Bertz CT molecular complexity index is 1190. The lowest BCUT2D eigenvalue weighted by Crippen LogP contribution is -2.05. The first kappa shape index (κ1) is 15.5. The van der Waals surface area contributed by atoms with Crippen molar-refractivity contribution in [3.8, 4) is 11.3 Å². The van der Waals surface area contributed by atoms with Crippen molar-refractivity contribution in [2.45, 2.75) is 6.54 Å². The molecule has 0 unspecified atom stereocenters. The maximum atomic E-state index is 4.61. The third kappa shape index (κ3) is 2.89. The average Bonchev–Trinajstić information content (AvgIpc) is 3.15. The van der Waals surface area contributed by atoms with Crippen molar-refractivity contribution in [3.63, 3.8) is 0 Å². The highest BCUT2D eigenvalue weighted by Crippen LogP contribution is 2.29. The molecule has 0 aliphatic heterocycles. The topological polar surface area (TPSA) is 66.5 Å². The van der Waals surface area contributed by atoms with Crippen molar-refractivity contribution >= 4 is 27.6 Å². The van der Waals surface area contributed by atoms with Crippen molar-refractivity contribution in [2.75, 3.05) is 5.32 Å². The largest absolute Gasteiger partial charge is 0.361 e. The lowest BCUT2D eigenvalue weighted by Gasteiger charge is -2.10. The van der Waals surface area contributed by atoms with Crippen LogP contribution in [-0.2, 0) is 6.54 Å². The summed E-state index contributed by atoms with van der Waals surface area (Å²) in [5.74, 6) is 1.62. The van der Waals surface area contributed by atoms with Crippen LogP contribution in [0.5, 0.6) is 0 Å². The lowest BCUT2D eigenvalue weighted by atomic mass is 10.0. The van der Waals surface area contributed by atoms with Crippen LogP contribution in [0.15, 0.2) is 78.9 Å². The summed E-state index contributed by atoms with van der Waals surface area (Å²) in [4.78, 5) is 7.94. The van der Waals surface area contributed by atoms with Gasteiger partial charge < -0.3 is 10.3 Å². The van der Waals surface area contributed by atoms with Crippen LogP contribution < -0.4 is 5.32 Å². The van der Waals surface area contributed by atoms with Crippen LogP contribution >= 0.6 is 0 Å². The van der Waals surface area contributed by atoms with Gasteiger partial charge in [-0.3, -0.25) is 0 Å². The van der Waals surface area contributed by atoms with E-state index >= 15 is 0 Å². The zero-order chi connectivity index (χ0) is 18.1. The van der Waals surface area contributed by atoms with Gasteiger partial charge in [-0.1, -0.05) is 66.7 Å². The predicted octanol–water partition coefficient (Wildman–Crippen LogP) is 4.79. The number of nitrogens with zero attached hydrogens (tertiary/aromatic N) is 3. The molecule has 0 aliphatic rings. The van der Waals surface area contributed by atoms with Crippen LogP contribution in [0, 0.1) is 0 Å². The van der Waals surface area contributed by atoms with E-state index in [1.165, 1.54) is 0 Å². The van der Waals surface area contributed by atoms with E-state index < -0.39 is 0 Å². The van der Waals surface area contributed by atoms with E-state index in [1.807, 2.05) is 54.6 Å². The number of nitrogens with one attached hydrogen (secondary N) is 2. The Labute approximate surface area is 156 Å². The number of H-pyrrole nitrogens is 1. The fourth-order valence-electron chi connectivity index (χ4n) is 3.30. The van der Waals surface area contributed by atoms with E-state index in [1.54, 1.807) is 0 Å². The molecule has 0 bridgehead atoms. The fourth-order valence-corrected chi connectivity index (χ4v) is 3.30. The van der Waals surface area contributed by atoms with Crippen molar-refractivity contribution in [2.24, 2.45) is 0 Å². The third-order valence-corrected chi connectivity index (χ3v) is 4.60. The second-order valence-electron chi connectivity index (χ2n) is 6.36. The zero-order valence-electron chi connectivity index (χ0n) is 14.6. The fraction of sp³-hybridized carbons (Fsp3) is 0.0455. The molecule has 0 aliphatic carbocycles. The molecule has 0 amide bonds. The molecule has 5 heteroatoms. The molecule has 0 atom stereocenters. The Morgan fingerprint density at radius 3 is 2.33 bits per heavy atom. The minimum atomic E-state index is 0.554. The maximum Gasteiger partial charge on any atom is 0.156 e. The smallest absolute Gasteiger partial charge is 0.156 e. The summed E-state index contributed by atoms with van der Waals surface area (Å²) in [7, 11) is 0. The van der Waals surface area contributed by atoms with Gasteiger partial charge in [-0.05, 0) is 12.1 Å². The molecule has 2 heterocycles. The first-order chi connectivity index (χ1) is 13.4. The minimum absolute atomic E-state index is 0.554. The number of benzene rings is 3. The summed E-state index contributed by atoms with van der Waals surface area (Å²) in [5.41, 5.74) is 3.94. The van der Waals surface area contributed by atoms with Crippen LogP contribution in [0.1, 0.15) is 5.82 Å². The van der Waals surface area contributed by atoms with Gasteiger partial charge in [0.15, 0.2) is 5.82 Å². The molecule has 130 valence electrons. The van der Waals surface area contributed by atoms with Gasteiger partial charge >= 0.3 is 0 Å². The van der Waals surface area contributed by atoms with E-state index in [0.717, 1.165) is 44.7 Å². The number of aromatic amines is 1. The van der Waals surface area contributed by atoms with Gasteiger partial charge in [0.2, 0.25) is 0 Å². The zero-order valence-corrected chi connectivity index (χ0v) is 14.6. The molecule has 2 N–H and O–H groups in total. The molecule has 5 rings (SSSR count). The highest BCUT2D eigenvalue weighted by atomic mass is 15.2. The van der Waals surface area contributed by atoms with Gasteiger partial charge in [0.1, 0.15) is 11.5 Å². The number of rotatable bonds is 4. The van der Waals surface area contributed by atoms with E-state index in [4.69, 9.17) is 0 Å². The Hall–Kier alpha value is -3.73. The Morgan fingerprint density at radius 2 is 1.48 bits per heavy atom. The van der Waals surface area contributed by atoms with Gasteiger partial charge in [-0.2, -0.15) is 0 Å². The normalized spacial score (nSPS) is 11.1. The predicted molar refractivity (Wildman–Crippen MR) is 108 cm³/mol. The van der Waals surface area contributed by atoms with Gasteiger partial charge in [-0.25, -0.2) is 4.98 Å². The molecule has 5 aromatic rings. The summed E-state index contributed by atoms with van der Waals surface area (Å²) in [6.07, 6.45) is 0. The van der Waals surface area contributed by atoms with Crippen molar-refractivity contribution in [3.05, 3.63) is 84.7 Å². The van der Waals surface area contributed by atoms with E-state index in [9.17, 15) is 0 Å². The quantitative estimate of drug-likeness (QED) is 0.489. The molecule has 27 heavy (non-hydrogen) atoms. The number of hydrogen-bond acceptors (Lipinski definition) is 4. The van der Waals surface area contributed by atoms with E-state index in [2.05, 4.69) is 49.7 Å². The maximum absolute atomic E-state index is 4.61. The molecule has 5 nitrogen and oxygen atoms in total. The number of imidazole rings is 1. The number of fused-ring (bicyclic) bond motifs is 2.